The van der Waals surface area contributed by atoms with Gasteiger partial charge in [-0.25, -0.2) is 0 Å². The van der Waals surface area contributed by atoms with E-state index in [1.54, 1.807) is 0 Å². The van der Waals surface area contributed by atoms with E-state index in [1.807, 2.05) is 24.3 Å². The Hall–Kier alpha value is -10.9. The summed E-state index contributed by atoms with van der Waals surface area (Å²) in [7, 11) is 0. The van der Waals surface area contributed by atoms with Crippen LogP contribution in [0.2, 0.25) is 0 Å². The maximum absolute atomic E-state index is 6.69. The van der Waals surface area contributed by atoms with Gasteiger partial charge in [0.05, 0.1) is 11.4 Å². The van der Waals surface area contributed by atoms with E-state index in [4.69, 9.17) is 8.83 Å². The van der Waals surface area contributed by atoms with Crippen LogP contribution < -0.4 is 9.80 Å². The second-order valence-corrected chi connectivity index (χ2v) is 20.8. The predicted octanol–water partition coefficient (Wildman–Crippen LogP) is 22.4. The first-order valence-corrected chi connectivity index (χ1v) is 27.9. The number of benzene rings is 13. The molecule has 0 bridgehead atoms. The van der Waals surface area contributed by atoms with Crippen molar-refractivity contribution in [2.24, 2.45) is 0 Å². The van der Waals surface area contributed by atoms with Gasteiger partial charge in [0.25, 0.3) is 0 Å². The number of nitrogens with zero attached hydrogens (tertiary/aromatic N) is 2. The number of rotatable bonds is 12. The van der Waals surface area contributed by atoms with Gasteiger partial charge in [0.2, 0.25) is 0 Å². The van der Waals surface area contributed by atoms with Gasteiger partial charge in [0.15, 0.2) is 0 Å². The summed E-state index contributed by atoms with van der Waals surface area (Å²) in [6.07, 6.45) is 0. The maximum Gasteiger partial charge on any atom is 0.136 e. The molecule has 4 heteroatoms. The first kappa shape index (κ1) is 48.2. The van der Waals surface area contributed by atoms with Crippen LogP contribution in [0.4, 0.5) is 34.1 Å². The summed E-state index contributed by atoms with van der Waals surface area (Å²) >= 11 is 0. The monoisotopic (exact) mass is 1050 g/mol. The predicted molar refractivity (Wildman–Crippen MR) is 343 cm³/mol. The topological polar surface area (TPSA) is 32.8 Å². The fourth-order valence-corrected chi connectivity index (χ4v) is 11.8. The van der Waals surface area contributed by atoms with Gasteiger partial charge in [-0.1, -0.05) is 218 Å². The minimum atomic E-state index is 0.825. The molecule has 0 saturated carbocycles. The molecule has 0 radical (unpaired) electrons. The van der Waals surface area contributed by atoms with E-state index >= 15 is 0 Å². The molecular formula is C78H52N2O2. The molecular weight excluding hydrogens is 997 g/mol. The van der Waals surface area contributed by atoms with Gasteiger partial charge in [0.1, 0.15) is 22.3 Å². The SMILES string of the molecule is c1ccc(-c2ccc(N(c3ccc(-c4ccccc4)cc3)c3cc(-c4ccc5c(c4)oc4ccccc45)c(-c4ccc5c(c4)oc4ccccc45)cc3N(c3ccc(-c4ccccc4)cc3)c3ccc(-c4ccccc4)cc3)cc2)cc1. The zero-order valence-corrected chi connectivity index (χ0v) is 44.7. The highest BCUT2D eigenvalue weighted by molar-refractivity contribution is 6.09. The molecule has 0 N–H and O–H groups in total. The van der Waals surface area contributed by atoms with Gasteiger partial charge in [-0.05, 0) is 164 Å². The Kier molecular flexibility index (Phi) is 12.2. The second kappa shape index (κ2) is 20.7. The molecule has 2 heterocycles. The lowest BCUT2D eigenvalue weighted by Gasteiger charge is -2.35. The lowest BCUT2D eigenvalue weighted by atomic mass is 9.91. The molecule has 0 saturated heterocycles. The Bertz CT molecular complexity index is 4270. The fourth-order valence-electron chi connectivity index (χ4n) is 11.8. The van der Waals surface area contributed by atoms with Gasteiger partial charge in [-0.2, -0.15) is 0 Å². The molecule has 0 aliphatic heterocycles. The van der Waals surface area contributed by atoms with Crippen molar-refractivity contribution in [3.63, 3.8) is 0 Å². The van der Waals surface area contributed by atoms with Gasteiger partial charge in [0, 0.05) is 44.3 Å². The number of para-hydroxylation sites is 2. The molecule has 0 spiro atoms. The molecule has 82 heavy (non-hydrogen) atoms. The van der Waals surface area contributed by atoms with Gasteiger partial charge in [-0.3, -0.25) is 0 Å². The summed E-state index contributed by atoms with van der Waals surface area (Å²) in [6.45, 7) is 0. The Morgan fingerprint density at radius 3 is 0.732 bits per heavy atom. The van der Waals surface area contributed by atoms with E-state index in [1.165, 1.54) is 0 Å². The van der Waals surface area contributed by atoms with Crippen LogP contribution in [0.15, 0.2) is 324 Å². The van der Waals surface area contributed by atoms with E-state index in [0.717, 1.165) is 145 Å². The van der Waals surface area contributed by atoms with Crippen LogP contribution in [0.5, 0.6) is 0 Å². The first-order valence-electron chi connectivity index (χ1n) is 27.9. The van der Waals surface area contributed by atoms with Crippen molar-refractivity contribution in [1.82, 2.24) is 0 Å². The Balaban J connectivity index is 1.03. The number of anilines is 6. The highest BCUT2D eigenvalue weighted by Gasteiger charge is 2.27. The molecule has 386 valence electrons. The van der Waals surface area contributed by atoms with E-state index < -0.39 is 0 Å². The Morgan fingerprint density at radius 1 is 0.183 bits per heavy atom. The number of fused-ring (bicyclic) bond motifs is 6. The average Bonchev–Trinajstić information content (AvgIpc) is 3.64. The zero-order chi connectivity index (χ0) is 54.3. The molecule has 2 aromatic heterocycles. The highest BCUT2D eigenvalue weighted by atomic mass is 16.3. The van der Waals surface area contributed by atoms with Crippen molar-refractivity contribution >= 4 is 78.0 Å². The summed E-state index contributed by atoms with van der Waals surface area (Å²) in [5.74, 6) is 0. The highest BCUT2D eigenvalue weighted by Crippen LogP contribution is 2.52. The number of hydrogen-bond acceptors (Lipinski definition) is 4. The van der Waals surface area contributed by atoms with Crippen molar-refractivity contribution in [3.8, 4) is 66.8 Å². The summed E-state index contributed by atoms with van der Waals surface area (Å²) in [5, 5.41) is 4.33. The molecule has 0 atom stereocenters. The molecule has 13 aromatic carbocycles. The second-order valence-electron chi connectivity index (χ2n) is 20.8. The molecule has 0 aliphatic carbocycles. The van der Waals surface area contributed by atoms with Crippen molar-refractivity contribution in [2.75, 3.05) is 9.80 Å². The molecule has 0 amide bonds. The third kappa shape index (κ3) is 8.95. The van der Waals surface area contributed by atoms with Gasteiger partial charge in [-0.15, -0.1) is 0 Å². The third-order valence-electron chi connectivity index (χ3n) is 15.9. The normalized spacial score (nSPS) is 11.4. The van der Waals surface area contributed by atoms with Crippen molar-refractivity contribution < 1.29 is 8.83 Å². The Labute approximate surface area is 476 Å². The largest absolute Gasteiger partial charge is 0.456 e. The van der Waals surface area contributed by atoms with Crippen LogP contribution in [-0.4, -0.2) is 0 Å². The van der Waals surface area contributed by atoms with E-state index in [0.29, 0.717) is 0 Å². The van der Waals surface area contributed by atoms with Gasteiger partial charge >= 0.3 is 0 Å². The molecule has 0 fully saturated rings. The maximum atomic E-state index is 6.69. The van der Waals surface area contributed by atoms with Crippen molar-refractivity contribution in [1.29, 1.82) is 0 Å². The molecule has 15 rings (SSSR count). The first-order chi connectivity index (χ1) is 40.6. The van der Waals surface area contributed by atoms with Crippen LogP contribution in [0.3, 0.4) is 0 Å². The minimum Gasteiger partial charge on any atom is -0.456 e. The molecule has 0 unspecified atom stereocenters. The third-order valence-corrected chi connectivity index (χ3v) is 15.9. The van der Waals surface area contributed by atoms with Crippen LogP contribution in [0.25, 0.3) is 111 Å². The van der Waals surface area contributed by atoms with Crippen molar-refractivity contribution in [3.05, 3.63) is 315 Å². The quantitative estimate of drug-likeness (QED) is 0.122. The lowest BCUT2D eigenvalue weighted by molar-refractivity contribution is 0.668. The number of furan rings is 2. The zero-order valence-electron chi connectivity index (χ0n) is 44.7. The lowest BCUT2D eigenvalue weighted by Crippen LogP contribution is -2.17. The average molecular weight is 1050 g/mol. The van der Waals surface area contributed by atoms with Crippen molar-refractivity contribution in [2.45, 2.75) is 0 Å². The Morgan fingerprint density at radius 2 is 0.427 bits per heavy atom. The molecule has 4 nitrogen and oxygen atoms in total. The van der Waals surface area contributed by atoms with Crippen LogP contribution in [-0.2, 0) is 0 Å². The summed E-state index contributed by atoms with van der Waals surface area (Å²) in [4.78, 5) is 4.86. The van der Waals surface area contributed by atoms with E-state index in [2.05, 4.69) is 301 Å². The smallest absolute Gasteiger partial charge is 0.136 e. The van der Waals surface area contributed by atoms with Crippen LogP contribution in [0, 0.1) is 0 Å². The van der Waals surface area contributed by atoms with Crippen LogP contribution in [0.1, 0.15) is 0 Å². The summed E-state index contributed by atoms with van der Waals surface area (Å²) in [6, 6.07) is 113. The minimum absolute atomic E-state index is 0.825. The number of hydrogen-bond donors (Lipinski definition) is 0. The molecule has 0 aliphatic rings. The van der Waals surface area contributed by atoms with E-state index in [9.17, 15) is 0 Å². The standard InChI is InChI=1S/C78H52N2O2/c1-5-17-53(18-6-1)57-29-39-63(40-30-57)79(64-41-31-58(32-42-64)54-19-7-2-8-20-54)73-51-71(61-37-47-69-67-25-13-15-27-75(67)81-77(69)49-61)72(62-38-48-70-68-26-14-16-28-76(68)82-78(70)50-62)52-74(73)80(65-43-33-59(34-44-65)55-21-9-3-10-22-55)66-45-35-60(36-46-66)56-23-11-4-12-24-56/h1-52H. The van der Waals surface area contributed by atoms with Gasteiger partial charge < -0.3 is 18.6 Å². The fraction of sp³-hybridized carbons (Fsp3) is 0. The van der Waals surface area contributed by atoms with Crippen LogP contribution >= 0.6 is 0 Å². The summed E-state index contributed by atoms with van der Waals surface area (Å²) in [5.41, 5.74) is 22.6. The summed E-state index contributed by atoms with van der Waals surface area (Å²) < 4.78 is 13.4. The molecule has 15 aromatic rings. The van der Waals surface area contributed by atoms with E-state index in [-0.39, 0.29) is 0 Å².